The highest BCUT2D eigenvalue weighted by Crippen LogP contribution is 2.41. The van der Waals surface area contributed by atoms with Crippen molar-refractivity contribution in [1.29, 1.82) is 5.26 Å². The van der Waals surface area contributed by atoms with Crippen LogP contribution in [0.25, 0.3) is 11.4 Å². The molecule has 112 valence electrons. The maximum atomic E-state index is 12.6. The normalized spacial score (nSPS) is 14.6. The van der Waals surface area contributed by atoms with Gasteiger partial charge in [0, 0.05) is 23.2 Å². The lowest BCUT2D eigenvalue weighted by Crippen LogP contribution is -2.04. The van der Waals surface area contributed by atoms with Gasteiger partial charge in [-0.05, 0) is 25.0 Å². The Bertz CT molecular complexity index is 726. The molecule has 1 aliphatic rings. The third kappa shape index (κ3) is 2.93. The molecule has 0 spiro atoms. The summed E-state index contributed by atoms with van der Waals surface area (Å²) in [5.74, 6) is 0.747. The number of hydrogen-bond donors (Lipinski definition) is 0. The lowest BCUT2D eigenvalue weighted by atomic mass is 10.1. The summed E-state index contributed by atoms with van der Waals surface area (Å²) in [6, 6.07) is 6.89. The first-order chi connectivity index (χ1) is 10.5. The van der Waals surface area contributed by atoms with E-state index in [1.54, 1.807) is 6.20 Å². The van der Waals surface area contributed by atoms with E-state index in [9.17, 15) is 13.2 Å². The molecule has 1 heterocycles. The van der Waals surface area contributed by atoms with E-state index in [4.69, 9.17) is 5.26 Å². The SMILES string of the molecule is N#CCc1cnc(-c2ccc(C(F)(F)F)cc2)nc1C1CC1. The Balaban J connectivity index is 1.95. The van der Waals surface area contributed by atoms with E-state index in [1.807, 2.05) is 0 Å². The van der Waals surface area contributed by atoms with E-state index >= 15 is 0 Å². The minimum Gasteiger partial charge on any atom is -0.236 e. The zero-order chi connectivity index (χ0) is 15.7. The zero-order valence-corrected chi connectivity index (χ0v) is 11.6. The van der Waals surface area contributed by atoms with Crippen LogP contribution in [0, 0.1) is 11.3 Å². The molecule has 3 nitrogen and oxygen atoms in total. The average Bonchev–Trinajstić information content (AvgIpc) is 3.32. The monoisotopic (exact) mass is 303 g/mol. The lowest BCUT2D eigenvalue weighted by molar-refractivity contribution is -0.137. The van der Waals surface area contributed by atoms with E-state index in [0.717, 1.165) is 36.2 Å². The molecule has 0 N–H and O–H groups in total. The predicted octanol–water partition coefficient (Wildman–Crippen LogP) is 4.11. The number of halogens is 3. The number of rotatable bonds is 3. The highest BCUT2D eigenvalue weighted by Gasteiger charge is 2.30. The molecule has 22 heavy (non-hydrogen) atoms. The first kappa shape index (κ1) is 14.5. The Kier molecular flexibility index (Phi) is 3.57. The Labute approximate surface area is 125 Å². The number of benzene rings is 1. The summed E-state index contributed by atoms with van der Waals surface area (Å²) in [6.07, 6.45) is -0.436. The number of nitriles is 1. The molecule has 6 heteroatoms. The minimum atomic E-state index is -4.35. The van der Waals surface area contributed by atoms with Crippen molar-refractivity contribution in [3.63, 3.8) is 0 Å². The summed E-state index contributed by atoms with van der Waals surface area (Å²) in [5, 5.41) is 8.83. The highest BCUT2D eigenvalue weighted by molar-refractivity contribution is 5.56. The summed E-state index contributed by atoms with van der Waals surface area (Å²) in [6.45, 7) is 0. The molecule has 0 unspecified atom stereocenters. The third-order valence-corrected chi connectivity index (χ3v) is 3.60. The first-order valence-corrected chi connectivity index (χ1v) is 6.89. The van der Waals surface area contributed by atoms with Gasteiger partial charge in [-0.2, -0.15) is 18.4 Å². The Morgan fingerprint density at radius 3 is 2.41 bits per heavy atom. The summed E-state index contributed by atoms with van der Waals surface area (Å²) < 4.78 is 37.7. The fourth-order valence-corrected chi connectivity index (χ4v) is 2.30. The standard InChI is InChI=1S/C16H12F3N3/c17-16(18,19)13-5-3-11(4-6-13)15-21-9-12(7-8-20)14(22-15)10-1-2-10/h3-6,9-10H,1-2,7H2. The van der Waals surface area contributed by atoms with Crippen molar-refractivity contribution < 1.29 is 13.2 Å². The fourth-order valence-electron chi connectivity index (χ4n) is 2.30. The molecule has 3 rings (SSSR count). The van der Waals surface area contributed by atoms with E-state index in [2.05, 4.69) is 16.0 Å². The first-order valence-electron chi connectivity index (χ1n) is 6.89. The van der Waals surface area contributed by atoms with E-state index in [-0.39, 0.29) is 6.42 Å². The maximum absolute atomic E-state index is 12.6. The summed E-state index contributed by atoms with van der Waals surface area (Å²) >= 11 is 0. The van der Waals surface area contributed by atoms with Crippen molar-refractivity contribution in [2.24, 2.45) is 0 Å². The molecule has 2 aromatic rings. The maximum Gasteiger partial charge on any atom is 0.416 e. The van der Waals surface area contributed by atoms with Gasteiger partial charge in [0.05, 0.1) is 23.7 Å². The minimum absolute atomic E-state index is 0.249. The van der Waals surface area contributed by atoms with Crippen LogP contribution in [-0.2, 0) is 12.6 Å². The Morgan fingerprint density at radius 1 is 1.18 bits per heavy atom. The van der Waals surface area contributed by atoms with Crippen molar-refractivity contribution >= 4 is 0 Å². The molecule has 0 aliphatic heterocycles. The van der Waals surface area contributed by atoms with Crippen LogP contribution >= 0.6 is 0 Å². The molecule has 0 atom stereocenters. The number of aromatic nitrogens is 2. The van der Waals surface area contributed by atoms with Gasteiger partial charge in [-0.25, -0.2) is 9.97 Å². The molecule has 1 aromatic heterocycles. The predicted molar refractivity (Wildman–Crippen MR) is 73.8 cm³/mol. The molecule has 1 aromatic carbocycles. The van der Waals surface area contributed by atoms with Crippen molar-refractivity contribution in [3.05, 3.63) is 47.3 Å². The van der Waals surface area contributed by atoms with Gasteiger partial charge in [-0.3, -0.25) is 0 Å². The van der Waals surface area contributed by atoms with Crippen molar-refractivity contribution in [3.8, 4) is 17.5 Å². The average molecular weight is 303 g/mol. The second-order valence-corrected chi connectivity index (χ2v) is 5.29. The van der Waals surface area contributed by atoms with Crippen LogP contribution in [0.1, 0.15) is 35.6 Å². The lowest BCUT2D eigenvalue weighted by Gasteiger charge is -2.09. The van der Waals surface area contributed by atoms with Gasteiger partial charge < -0.3 is 0 Å². The van der Waals surface area contributed by atoms with Crippen LogP contribution in [-0.4, -0.2) is 9.97 Å². The zero-order valence-electron chi connectivity index (χ0n) is 11.6. The largest absolute Gasteiger partial charge is 0.416 e. The van der Waals surface area contributed by atoms with Gasteiger partial charge >= 0.3 is 6.18 Å². The quantitative estimate of drug-likeness (QED) is 0.857. The summed E-state index contributed by atoms with van der Waals surface area (Å²) in [5.41, 5.74) is 1.50. The van der Waals surface area contributed by atoms with Gasteiger partial charge in [-0.15, -0.1) is 0 Å². The number of hydrogen-bond acceptors (Lipinski definition) is 3. The van der Waals surface area contributed by atoms with Crippen LogP contribution in [0.3, 0.4) is 0 Å². The molecular formula is C16H12F3N3. The topological polar surface area (TPSA) is 49.6 Å². The molecule has 1 fully saturated rings. The van der Waals surface area contributed by atoms with Crippen LogP contribution in [0.2, 0.25) is 0 Å². The number of nitrogens with zero attached hydrogens (tertiary/aromatic N) is 3. The molecular weight excluding hydrogens is 291 g/mol. The second kappa shape index (κ2) is 5.41. The molecule has 1 saturated carbocycles. The van der Waals surface area contributed by atoms with Crippen molar-refractivity contribution in [2.75, 3.05) is 0 Å². The van der Waals surface area contributed by atoms with Crippen molar-refractivity contribution in [2.45, 2.75) is 31.4 Å². The molecule has 0 saturated heterocycles. The van der Waals surface area contributed by atoms with Gasteiger partial charge in [0.15, 0.2) is 5.82 Å². The van der Waals surface area contributed by atoms with E-state index in [1.165, 1.54) is 12.1 Å². The van der Waals surface area contributed by atoms with Crippen LogP contribution in [0.15, 0.2) is 30.5 Å². The van der Waals surface area contributed by atoms with Gasteiger partial charge in [0.25, 0.3) is 0 Å². The third-order valence-electron chi connectivity index (χ3n) is 3.60. The summed E-state index contributed by atoms with van der Waals surface area (Å²) in [4.78, 5) is 8.66. The van der Waals surface area contributed by atoms with E-state index in [0.29, 0.717) is 17.3 Å². The van der Waals surface area contributed by atoms with Crippen LogP contribution in [0.5, 0.6) is 0 Å². The van der Waals surface area contributed by atoms with E-state index < -0.39 is 11.7 Å². The second-order valence-electron chi connectivity index (χ2n) is 5.29. The number of alkyl halides is 3. The van der Waals surface area contributed by atoms with Crippen molar-refractivity contribution in [1.82, 2.24) is 9.97 Å². The molecule has 0 radical (unpaired) electrons. The molecule has 0 amide bonds. The smallest absolute Gasteiger partial charge is 0.236 e. The van der Waals surface area contributed by atoms with Gasteiger partial charge in [-0.1, -0.05) is 12.1 Å². The van der Waals surface area contributed by atoms with Crippen LogP contribution < -0.4 is 0 Å². The highest BCUT2D eigenvalue weighted by atomic mass is 19.4. The molecule has 1 aliphatic carbocycles. The van der Waals surface area contributed by atoms with Crippen LogP contribution in [0.4, 0.5) is 13.2 Å². The Morgan fingerprint density at radius 2 is 1.86 bits per heavy atom. The summed E-state index contributed by atoms with van der Waals surface area (Å²) in [7, 11) is 0. The fraction of sp³-hybridized carbons (Fsp3) is 0.312. The van der Waals surface area contributed by atoms with Gasteiger partial charge in [0.1, 0.15) is 0 Å². The van der Waals surface area contributed by atoms with Gasteiger partial charge in [0.2, 0.25) is 0 Å². The molecule has 0 bridgehead atoms. The Hall–Kier alpha value is -2.42.